The fourth-order valence-electron chi connectivity index (χ4n) is 2.26. The predicted molar refractivity (Wildman–Crippen MR) is 83.0 cm³/mol. The second-order valence-corrected chi connectivity index (χ2v) is 5.14. The Kier molecular flexibility index (Phi) is 4.16. The van der Waals surface area contributed by atoms with E-state index in [-0.39, 0.29) is 0 Å². The smallest absolute Gasteiger partial charge is 0.336 e. The Bertz CT molecular complexity index is 662. The van der Waals surface area contributed by atoms with Crippen molar-refractivity contribution in [2.75, 3.05) is 24.3 Å². The Morgan fingerprint density at radius 3 is 2.71 bits per heavy atom. The van der Waals surface area contributed by atoms with E-state index in [4.69, 9.17) is 5.11 Å². The Hall–Kier alpha value is -2.50. The quantitative estimate of drug-likeness (QED) is 0.881. The van der Waals surface area contributed by atoms with Crippen LogP contribution in [0.25, 0.3) is 0 Å². The highest BCUT2D eigenvalue weighted by Gasteiger charge is 2.11. The molecule has 0 saturated heterocycles. The number of aromatic carboxylic acids is 1. The lowest BCUT2D eigenvalue weighted by Crippen LogP contribution is -2.15. The zero-order valence-corrected chi connectivity index (χ0v) is 12.7. The Morgan fingerprint density at radius 2 is 2.14 bits per heavy atom. The van der Waals surface area contributed by atoms with Crippen molar-refractivity contribution in [1.29, 1.82) is 0 Å². The summed E-state index contributed by atoms with van der Waals surface area (Å²) in [5, 5.41) is 12.4. The maximum absolute atomic E-state index is 11.1. The molecule has 0 atom stereocenters. The molecule has 6 heteroatoms. The molecule has 2 rings (SSSR count). The average molecular weight is 288 g/mol. The van der Waals surface area contributed by atoms with Crippen molar-refractivity contribution in [2.24, 2.45) is 7.05 Å². The number of hydrogen-bond acceptors (Lipinski definition) is 4. The molecule has 2 N–H and O–H groups in total. The summed E-state index contributed by atoms with van der Waals surface area (Å²) in [5.41, 5.74) is 2.90. The third kappa shape index (κ3) is 2.99. The van der Waals surface area contributed by atoms with Gasteiger partial charge in [-0.15, -0.1) is 0 Å². The molecule has 0 unspecified atom stereocenters. The summed E-state index contributed by atoms with van der Waals surface area (Å²) in [6.07, 6.45) is 1.82. The van der Waals surface area contributed by atoms with Gasteiger partial charge in [-0.25, -0.2) is 9.78 Å². The molecular weight excluding hydrogens is 268 g/mol. The van der Waals surface area contributed by atoms with Gasteiger partial charge in [-0.2, -0.15) is 0 Å². The van der Waals surface area contributed by atoms with Gasteiger partial charge in [0.2, 0.25) is 5.95 Å². The van der Waals surface area contributed by atoms with E-state index in [9.17, 15) is 4.79 Å². The van der Waals surface area contributed by atoms with Gasteiger partial charge in [0.1, 0.15) is 0 Å². The number of carboxylic acids is 1. The highest BCUT2D eigenvalue weighted by molar-refractivity contribution is 5.91. The molecule has 1 aromatic heterocycles. The number of rotatable bonds is 5. The number of carboxylic acid groups (broad SMARTS) is 1. The van der Waals surface area contributed by atoms with Crippen LogP contribution in [0.3, 0.4) is 0 Å². The molecule has 2 aromatic rings. The third-order valence-electron chi connectivity index (χ3n) is 3.48. The fourth-order valence-corrected chi connectivity index (χ4v) is 2.26. The second kappa shape index (κ2) is 5.87. The van der Waals surface area contributed by atoms with Crippen LogP contribution in [0, 0.1) is 6.92 Å². The largest absolute Gasteiger partial charge is 0.478 e. The zero-order valence-electron chi connectivity index (χ0n) is 12.7. The zero-order chi connectivity index (χ0) is 15.6. The highest BCUT2D eigenvalue weighted by Crippen LogP contribution is 2.20. The first kappa shape index (κ1) is 14.9. The van der Waals surface area contributed by atoms with E-state index < -0.39 is 5.97 Å². The molecular formula is C15H20N4O2. The van der Waals surface area contributed by atoms with Crippen LogP contribution in [0.2, 0.25) is 0 Å². The molecule has 6 nitrogen and oxygen atoms in total. The number of hydrogen-bond donors (Lipinski definition) is 2. The van der Waals surface area contributed by atoms with Gasteiger partial charge >= 0.3 is 5.97 Å². The molecule has 0 bridgehead atoms. The standard InChI is InChI=1S/C15H20N4O2/c1-10-12(14(20)21)6-5-7-13(10)16-8-11-9-17-15(18(2)3)19(11)4/h5-7,9,16H,8H2,1-4H3,(H,20,21). The molecule has 0 fully saturated rings. The van der Waals surface area contributed by atoms with Crippen LogP contribution in [0.4, 0.5) is 11.6 Å². The van der Waals surface area contributed by atoms with Crippen molar-refractivity contribution in [2.45, 2.75) is 13.5 Å². The normalized spacial score (nSPS) is 10.5. The summed E-state index contributed by atoms with van der Waals surface area (Å²) in [6.45, 7) is 2.39. The topological polar surface area (TPSA) is 70.4 Å². The summed E-state index contributed by atoms with van der Waals surface area (Å²) >= 11 is 0. The number of nitrogens with one attached hydrogen (secondary N) is 1. The summed E-state index contributed by atoms with van der Waals surface area (Å²) < 4.78 is 2.00. The minimum Gasteiger partial charge on any atom is -0.478 e. The van der Waals surface area contributed by atoms with E-state index in [0.717, 1.165) is 22.9 Å². The number of benzene rings is 1. The molecule has 1 aromatic carbocycles. The Labute approximate surface area is 124 Å². The number of carbonyl (C=O) groups is 1. The van der Waals surface area contributed by atoms with Crippen molar-refractivity contribution in [3.63, 3.8) is 0 Å². The van der Waals surface area contributed by atoms with Gasteiger partial charge in [0.05, 0.1) is 24.0 Å². The monoisotopic (exact) mass is 288 g/mol. The van der Waals surface area contributed by atoms with E-state index in [2.05, 4.69) is 10.3 Å². The summed E-state index contributed by atoms with van der Waals surface area (Å²) in [6, 6.07) is 5.23. The molecule has 0 radical (unpaired) electrons. The van der Waals surface area contributed by atoms with E-state index in [1.807, 2.05) is 42.9 Å². The van der Waals surface area contributed by atoms with Gasteiger partial charge in [-0.1, -0.05) is 6.07 Å². The van der Waals surface area contributed by atoms with Crippen molar-refractivity contribution in [1.82, 2.24) is 9.55 Å². The van der Waals surface area contributed by atoms with Gasteiger partial charge in [0.25, 0.3) is 0 Å². The number of nitrogens with zero attached hydrogens (tertiary/aromatic N) is 3. The van der Waals surface area contributed by atoms with Crippen LogP contribution in [0.5, 0.6) is 0 Å². The lowest BCUT2D eigenvalue weighted by Gasteiger charge is -2.14. The van der Waals surface area contributed by atoms with E-state index in [1.165, 1.54) is 0 Å². The fraction of sp³-hybridized carbons (Fsp3) is 0.333. The van der Waals surface area contributed by atoms with Crippen molar-refractivity contribution in [3.05, 3.63) is 41.2 Å². The van der Waals surface area contributed by atoms with Crippen LogP contribution in [0.1, 0.15) is 21.6 Å². The van der Waals surface area contributed by atoms with Crippen LogP contribution in [-0.2, 0) is 13.6 Å². The summed E-state index contributed by atoms with van der Waals surface area (Å²) in [5.74, 6) is -0.0330. The van der Waals surface area contributed by atoms with Crippen molar-refractivity contribution < 1.29 is 9.90 Å². The molecule has 112 valence electrons. The lowest BCUT2D eigenvalue weighted by molar-refractivity contribution is 0.0696. The average Bonchev–Trinajstić information content (AvgIpc) is 2.78. The van der Waals surface area contributed by atoms with Gasteiger partial charge in [0, 0.05) is 26.8 Å². The first-order valence-corrected chi connectivity index (χ1v) is 6.66. The Morgan fingerprint density at radius 1 is 1.43 bits per heavy atom. The second-order valence-electron chi connectivity index (χ2n) is 5.14. The first-order valence-electron chi connectivity index (χ1n) is 6.66. The Balaban J connectivity index is 2.17. The molecule has 0 amide bonds. The van der Waals surface area contributed by atoms with Crippen LogP contribution in [-0.4, -0.2) is 34.7 Å². The predicted octanol–water partition coefficient (Wildman–Crippen LogP) is 2.10. The molecule has 0 spiro atoms. The number of aromatic nitrogens is 2. The maximum atomic E-state index is 11.1. The maximum Gasteiger partial charge on any atom is 0.336 e. The van der Waals surface area contributed by atoms with Crippen LogP contribution in [0.15, 0.2) is 24.4 Å². The molecule has 0 aliphatic rings. The molecule has 0 aliphatic carbocycles. The summed E-state index contributed by atoms with van der Waals surface area (Å²) in [7, 11) is 5.85. The highest BCUT2D eigenvalue weighted by atomic mass is 16.4. The van der Waals surface area contributed by atoms with E-state index >= 15 is 0 Å². The van der Waals surface area contributed by atoms with Crippen LogP contribution >= 0.6 is 0 Å². The number of anilines is 2. The van der Waals surface area contributed by atoms with Gasteiger partial charge < -0.3 is 19.9 Å². The minimum atomic E-state index is -0.911. The SMILES string of the molecule is Cc1c(NCc2cnc(N(C)C)n2C)cccc1C(=O)O. The number of imidazole rings is 1. The molecule has 0 aliphatic heterocycles. The first-order chi connectivity index (χ1) is 9.91. The lowest BCUT2D eigenvalue weighted by atomic mass is 10.1. The van der Waals surface area contributed by atoms with Crippen LogP contribution < -0.4 is 10.2 Å². The van der Waals surface area contributed by atoms with Crippen molar-refractivity contribution in [3.8, 4) is 0 Å². The van der Waals surface area contributed by atoms with E-state index in [1.54, 1.807) is 19.1 Å². The van der Waals surface area contributed by atoms with E-state index in [0.29, 0.717) is 12.1 Å². The summed E-state index contributed by atoms with van der Waals surface area (Å²) in [4.78, 5) is 17.4. The van der Waals surface area contributed by atoms with Crippen molar-refractivity contribution >= 4 is 17.6 Å². The minimum absolute atomic E-state index is 0.319. The third-order valence-corrected chi connectivity index (χ3v) is 3.48. The van der Waals surface area contributed by atoms with Gasteiger partial charge in [-0.05, 0) is 24.6 Å². The molecule has 21 heavy (non-hydrogen) atoms. The van der Waals surface area contributed by atoms with Gasteiger partial charge in [-0.3, -0.25) is 0 Å². The molecule has 0 saturated carbocycles. The van der Waals surface area contributed by atoms with Gasteiger partial charge in [0.15, 0.2) is 0 Å². The molecule has 1 heterocycles.